The highest BCUT2D eigenvalue weighted by molar-refractivity contribution is 5.47. The van der Waals surface area contributed by atoms with Gasteiger partial charge in [0.2, 0.25) is 0 Å². The van der Waals surface area contributed by atoms with Gasteiger partial charge >= 0.3 is 0 Å². The molecule has 2 saturated heterocycles. The Kier molecular flexibility index (Phi) is 5.48. The Morgan fingerprint density at radius 1 is 1.27 bits per heavy atom. The van der Waals surface area contributed by atoms with Gasteiger partial charge in [-0.2, -0.15) is 5.10 Å². The molecule has 2 aromatic rings. The van der Waals surface area contributed by atoms with Crippen LogP contribution in [0.5, 0.6) is 0 Å². The fourth-order valence-electron chi connectivity index (χ4n) is 3.82. The number of anilines is 1. The SMILES string of the molecule is Cn1cc([C@H]2OCC[C@@H]2CNCc2cccnc2N2CCOCC2)cn1. The Hall–Kier alpha value is -1.96. The van der Waals surface area contributed by atoms with E-state index in [2.05, 4.69) is 32.6 Å². The highest BCUT2D eigenvalue weighted by Crippen LogP contribution is 2.33. The molecule has 2 atom stereocenters. The lowest BCUT2D eigenvalue weighted by Crippen LogP contribution is -2.37. The minimum atomic E-state index is 0.142. The van der Waals surface area contributed by atoms with E-state index < -0.39 is 0 Å². The van der Waals surface area contributed by atoms with Crippen molar-refractivity contribution in [1.29, 1.82) is 0 Å². The lowest BCUT2D eigenvalue weighted by Gasteiger charge is -2.29. The van der Waals surface area contributed by atoms with Gasteiger partial charge in [0, 0.05) is 69.3 Å². The molecule has 2 fully saturated rings. The van der Waals surface area contributed by atoms with Crippen molar-refractivity contribution in [2.75, 3.05) is 44.4 Å². The summed E-state index contributed by atoms with van der Waals surface area (Å²) in [5.74, 6) is 1.55. The number of nitrogens with one attached hydrogen (secondary N) is 1. The first-order valence-electron chi connectivity index (χ1n) is 9.39. The van der Waals surface area contributed by atoms with Crippen LogP contribution in [0.25, 0.3) is 0 Å². The van der Waals surface area contributed by atoms with E-state index in [1.807, 2.05) is 30.2 Å². The molecular formula is C19H27N5O2. The van der Waals surface area contributed by atoms with Gasteiger partial charge < -0.3 is 19.7 Å². The van der Waals surface area contributed by atoms with E-state index in [0.29, 0.717) is 5.92 Å². The van der Waals surface area contributed by atoms with E-state index in [1.165, 1.54) is 11.1 Å². The predicted octanol–water partition coefficient (Wildman–Crippen LogP) is 1.52. The summed E-state index contributed by atoms with van der Waals surface area (Å²) in [6.07, 6.45) is 7.07. The molecule has 4 heterocycles. The summed E-state index contributed by atoms with van der Waals surface area (Å²) in [5.41, 5.74) is 2.42. The van der Waals surface area contributed by atoms with Crippen LogP contribution in [-0.4, -0.2) is 54.2 Å². The third kappa shape index (κ3) is 3.90. The molecule has 2 aliphatic heterocycles. The molecule has 0 saturated carbocycles. The Balaban J connectivity index is 1.36. The Labute approximate surface area is 154 Å². The van der Waals surface area contributed by atoms with Crippen molar-refractivity contribution in [3.05, 3.63) is 41.9 Å². The van der Waals surface area contributed by atoms with Crippen LogP contribution < -0.4 is 10.2 Å². The molecule has 26 heavy (non-hydrogen) atoms. The molecule has 0 amide bonds. The Morgan fingerprint density at radius 2 is 2.15 bits per heavy atom. The molecule has 0 bridgehead atoms. The van der Waals surface area contributed by atoms with E-state index in [4.69, 9.17) is 9.47 Å². The zero-order chi connectivity index (χ0) is 17.8. The quantitative estimate of drug-likeness (QED) is 0.846. The summed E-state index contributed by atoms with van der Waals surface area (Å²) in [5, 5.41) is 7.90. The van der Waals surface area contributed by atoms with Gasteiger partial charge in [0.25, 0.3) is 0 Å². The van der Waals surface area contributed by atoms with E-state index in [9.17, 15) is 0 Å². The van der Waals surface area contributed by atoms with Crippen LogP contribution >= 0.6 is 0 Å². The molecule has 0 radical (unpaired) electrons. The van der Waals surface area contributed by atoms with Crippen molar-refractivity contribution >= 4 is 5.82 Å². The highest BCUT2D eigenvalue weighted by Gasteiger charge is 2.30. The maximum atomic E-state index is 5.96. The lowest BCUT2D eigenvalue weighted by molar-refractivity contribution is 0.0904. The number of nitrogens with zero attached hydrogens (tertiary/aromatic N) is 4. The molecule has 0 spiro atoms. The molecule has 2 aromatic heterocycles. The van der Waals surface area contributed by atoms with Crippen LogP contribution in [0, 0.1) is 5.92 Å². The number of aryl methyl sites for hydroxylation is 1. The molecule has 0 unspecified atom stereocenters. The highest BCUT2D eigenvalue weighted by atomic mass is 16.5. The summed E-state index contributed by atoms with van der Waals surface area (Å²) in [6.45, 7) is 5.92. The first kappa shape index (κ1) is 17.5. The van der Waals surface area contributed by atoms with Crippen molar-refractivity contribution in [1.82, 2.24) is 20.1 Å². The number of morpholine rings is 1. The van der Waals surface area contributed by atoms with E-state index in [-0.39, 0.29) is 6.10 Å². The minimum absolute atomic E-state index is 0.142. The third-order valence-corrected chi connectivity index (χ3v) is 5.17. The summed E-state index contributed by atoms with van der Waals surface area (Å²) in [4.78, 5) is 6.93. The smallest absolute Gasteiger partial charge is 0.133 e. The van der Waals surface area contributed by atoms with Crippen molar-refractivity contribution in [3.8, 4) is 0 Å². The van der Waals surface area contributed by atoms with Crippen LogP contribution in [0.1, 0.15) is 23.7 Å². The number of pyridine rings is 1. The van der Waals surface area contributed by atoms with Crippen molar-refractivity contribution in [3.63, 3.8) is 0 Å². The monoisotopic (exact) mass is 357 g/mol. The Morgan fingerprint density at radius 3 is 2.96 bits per heavy atom. The molecule has 2 aliphatic rings. The predicted molar refractivity (Wildman–Crippen MR) is 99.0 cm³/mol. The van der Waals surface area contributed by atoms with Gasteiger partial charge in [-0.3, -0.25) is 4.68 Å². The largest absolute Gasteiger partial charge is 0.378 e. The van der Waals surface area contributed by atoms with Crippen molar-refractivity contribution in [2.24, 2.45) is 13.0 Å². The van der Waals surface area contributed by atoms with Crippen LogP contribution in [0.2, 0.25) is 0 Å². The molecule has 7 nitrogen and oxygen atoms in total. The molecule has 0 aromatic carbocycles. The molecule has 140 valence electrons. The van der Waals surface area contributed by atoms with Gasteiger partial charge in [0.1, 0.15) is 5.82 Å². The summed E-state index contributed by atoms with van der Waals surface area (Å²) >= 11 is 0. The van der Waals surface area contributed by atoms with Gasteiger partial charge in [-0.15, -0.1) is 0 Å². The fourth-order valence-corrected chi connectivity index (χ4v) is 3.82. The van der Waals surface area contributed by atoms with Crippen molar-refractivity contribution in [2.45, 2.75) is 19.1 Å². The van der Waals surface area contributed by atoms with Crippen LogP contribution in [0.4, 0.5) is 5.82 Å². The molecule has 4 rings (SSSR count). The molecule has 1 N–H and O–H groups in total. The standard InChI is InChI=1S/C19H27N5O2/c1-23-14-17(13-22-23)18-15(4-8-26-18)11-20-12-16-3-2-5-21-19(16)24-6-9-25-10-7-24/h2-3,5,13-15,18,20H,4,6-12H2,1H3/t15-,18+/m1/s1. The van der Waals surface area contributed by atoms with Gasteiger partial charge in [0.15, 0.2) is 0 Å². The summed E-state index contributed by atoms with van der Waals surface area (Å²) < 4.78 is 13.3. The van der Waals surface area contributed by atoms with Crippen molar-refractivity contribution < 1.29 is 9.47 Å². The maximum absolute atomic E-state index is 5.96. The minimum Gasteiger partial charge on any atom is -0.378 e. The lowest BCUT2D eigenvalue weighted by atomic mass is 9.97. The number of ether oxygens (including phenoxy) is 2. The maximum Gasteiger partial charge on any atom is 0.133 e. The van der Waals surface area contributed by atoms with Crippen LogP contribution in [0.3, 0.4) is 0 Å². The van der Waals surface area contributed by atoms with Gasteiger partial charge in [0.05, 0.1) is 25.5 Å². The van der Waals surface area contributed by atoms with Crippen LogP contribution in [0.15, 0.2) is 30.7 Å². The first-order valence-corrected chi connectivity index (χ1v) is 9.39. The summed E-state index contributed by atoms with van der Waals surface area (Å²) in [7, 11) is 1.95. The first-order chi connectivity index (χ1) is 12.8. The second-order valence-electron chi connectivity index (χ2n) is 7.00. The number of hydrogen-bond acceptors (Lipinski definition) is 6. The zero-order valence-electron chi connectivity index (χ0n) is 15.3. The van der Waals surface area contributed by atoms with Crippen LogP contribution in [-0.2, 0) is 23.1 Å². The Bertz CT molecular complexity index is 713. The summed E-state index contributed by atoms with van der Waals surface area (Å²) in [6, 6.07) is 4.17. The normalized spacial score (nSPS) is 23.5. The van der Waals surface area contributed by atoms with E-state index in [0.717, 1.165) is 58.2 Å². The van der Waals surface area contributed by atoms with E-state index in [1.54, 1.807) is 0 Å². The number of aromatic nitrogens is 3. The second-order valence-corrected chi connectivity index (χ2v) is 7.00. The second kappa shape index (κ2) is 8.16. The zero-order valence-corrected chi connectivity index (χ0v) is 15.3. The third-order valence-electron chi connectivity index (χ3n) is 5.17. The van der Waals surface area contributed by atoms with E-state index >= 15 is 0 Å². The molecular weight excluding hydrogens is 330 g/mol. The van der Waals surface area contributed by atoms with Gasteiger partial charge in [-0.1, -0.05) is 6.07 Å². The number of hydrogen-bond donors (Lipinski definition) is 1. The number of rotatable bonds is 6. The van der Waals surface area contributed by atoms with Gasteiger partial charge in [-0.25, -0.2) is 4.98 Å². The average Bonchev–Trinajstić information content (AvgIpc) is 3.31. The average molecular weight is 357 g/mol. The fraction of sp³-hybridized carbons (Fsp3) is 0.579. The molecule has 7 heteroatoms. The van der Waals surface area contributed by atoms with Gasteiger partial charge in [-0.05, 0) is 12.5 Å². The topological polar surface area (TPSA) is 64.4 Å². The molecule has 0 aliphatic carbocycles.